The van der Waals surface area contributed by atoms with Crippen molar-refractivity contribution in [1.82, 2.24) is 5.32 Å². The molecule has 0 saturated carbocycles. The third-order valence-electron chi connectivity index (χ3n) is 2.59. The summed E-state index contributed by atoms with van der Waals surface area (Å²) < 4.78 is 13.0. The Morgan fingerprint density at radius 1 is 1.50 bits per heavy atom. The number of nitrogens with zero attached hydrogens (tertiary/aromatic N) is 1. The van der Waals surface area contributed by atoms with Crippen LogP contribution in [0.5, 0.6) is 0 Å². The van der Waals surface area contributed by atoms with E-state index in [0.29, 0.717) is 6.54 Å². The molecule has 1 aromatic carbocycles. The third-order valence-corrected chi connectivity index (χ3v) is 2.59. The highest BCUT2D eigenvalue weighted by Gasteiger charge is 2.24. The van der Waals surface area contributed by atoms with E-state index in [2.05, 4.69) is 5.32 Å². The van der Waals surface area contributed by atoms with E-state index in [4.69, 9.17) is 0 Å². The molecule has 0 bridgehead atoms. The van der Waals surface area contributed by atoms with Crippen molar-refractivity contribution in [2.24, 2.45) is 0 Å². The summed E-state index contributed by atoms with van der Waals surface area (Å²) in [5.74, 6) is -0.245. The van der Waals surface area contributed by atoms with E-state index in [1.165, 1.54) is 12.1 Å². The molecule has 16 heavy (non-hydrogen) atoms. The Hall–Kier alpha value is -1.58. The smallest absolute Gasteiger partial charge is 0.322 e. The molecule has 0 spiro atoms. The first-order chi connectivity index (χ1) is 7.58. The first-order valence-electron chi connectivity index (χ1n) is 5.44. The topological polar surface area (TPSA) is 32.3 Å². The average Bonchev–Trinajstić information content (AvgIpc) is 2.59. The lowest BCUT2D eigenvalue weighted by Crippen LogP contribution is -2.42. The molecule has 1 aromatic rings. The molecular formula is C12H15FN2O. The maximum Gasteiger partial charge on any atom is 0.322 e. The Balaban J connectivity index is 2.20. The van der Waals surface area contributed by atoms with Crippen LogP contribution < -0.4 is 10.2 Å². The number of rotatable bonds is 1. The fraction of sp³-hybridized carbons (Fsp3) is 0.417. The summed E-state index contributed by atoms with van der Waals surface area (Å²) in [7, 11) is 0. The number of carbonyl (C=O) groups excluding carboxylic acids is 1. The van der Waals surface area contributed by atoms with Gasteiger partial charge in [-0.05, 0) is 44.0 Å². The molecule has 0 saturated heterocycles. The van der Waals surface area contributed by atoms with Crippen LogP contribution in [0.1, 0.15) is 19.4 Å². The summed E-state index contributed by atoms with van der Waals surface area (Å²) in [6.45, 7) is 4.45. The highest BCUT2D eigenvalue weighted by molar-refractivity contribution is 5.94. The van der Waals surface area contributed by atoms with Crippen LogP contribution in [-0.4, -0.2) is 18.6 Å². The van der Waals surface area contributed by atoms with Crippen LogP contribution in [0.2, 0.25) is 0 Å². The number of halogens is 1. The molecule has 0 atom stereocenters. The van der Waals surface area contributed by atoms with Crippen molar-refractivity contribution in [3.05, 3.63) is 29.6 Å². The van der Waals surface area contributed by atoms with Crippen molar-refractivity contribution in [2.45, 2.75) is 26.3 Å². The highest BCUT2D eigenvalue weighted by Crippen LogP contribution is 2.28. The minimum Gasteiger partial charge on any atom is -0.336 e. The van der Waals surface area contributed by atoms with Crippen molar-refractivity contribution >= 4 is 11.7 Å². The minimum absolute atomic E-state index is 0.108. The van der Waals surface area contributed by atoms with Gasteiger partial charge < -0.3 is 5.32 Å². The molecular weight excluding hydrogens is 207 g/mol. The second-order valence-corrected chi connectivity index (χ2v) is 4.28. The van der Waals surface area contributed by atoms with Gasteiger partial charge in [0.1, 0.15) is 5.82 Å². The Bertz CT molecular complexity index is 417. The fourth-order valence-corrected chi connectivity index (χ4v) is 1.91. The second kappa shape index (κ2) is 4.12. The van der Waals surface area contributed by atoms with Crippen molar-refractivity contribution in [2.75, 3.05) is 11.4 Å². The lowest BCUT2D eigenvalue weighted by atomic mass is 10.2. The molecule has 0 radical (unpaired) electrons. The molecule has 0 unspecified atom stereocenters. The highest BCUT2D eigenvalue weighted by atomic mass is 19.1. The van der Waals surface area contributed by atoms with Gasteiger partial charge >= 0.3 is 6.03 Å². The van der Waals surface area contributed by atoms with E-state index < -0.39 is 0 Å². The average molecular weight is 222 g/mol. The first-order valence-corrected chi connectivity index (χ1v) is 5.44. The number of amides is 2. The number of carbonyl (C=O) groups is 1. The molecule has 0 fully saturated rings. The van der Waals surface area contributed by atoms with Gasteiger partial charge in [0.05, 0.1) is 0 Å². The minimum atomic E-state index is -0.245. The predicted molar refractivity (Wildman–Crippen MR) is 61.1 cm³/mol. The Morgan fingerprint density at radius 3 is 2.94 bits per heavy atom. The molecule has 4 heteroatoms. The van der Waals surface area contributed by atoms with Gasteiger partial charge in [-0.15, -0.1) is 0 Å². The van der Waals surface area contributed by atoms with Gasteiger partial charge in [-0.1, -0.05) is 0 Å². The number of benzene rings is 1. The zero-order valence-electron chi connectivity index (χ0n) is 9.46. The lowest BCUT2D eigenvalue weighted by Gasteiger charge is -2.19. The Morgan fingerprint density at radius 2 is 2.25 bits per heavy atom. The van der Waals surface area contributed by atoms with Crippen molar-refractivity contribution in [3.63, 3.8) is 0 Å². The summed E-state index contributed by atoms with van der Waals surface area (Å²) in [5.41, 5.74) is 1.72. The van der Waals surface area contributed by atoms with Gasteiger partial charge in [0.15, 0.2) is 0 Å². The number of hydrogen-bond acceptors (Lipinski definition) is 1. The number of nitrogens with one attached hydrogen (secondary N) is 1. The predicted octanol–water partition coefficient (Wildman–Crippen LogP) is 2.31. The third kappa shape index (κ3) is 2.01. The molecule has 86 valence electrons. The number of hydrogen-bond donors (Lipinski definition) is 1. The molecule has 2 rings (SSSR count). The zero-order valence-corrected chi connectivity index (χ0v) is 9.46. The number of anilines is 1. The molecule has 1 N–H and O–H groups in total. The molecule has 1 aliphatic rings. The molecule has 0 aromatic heterocycles. The van der Waals surface area contributed by atoms with E-state index in [1.807, 2.05) is 13.8 Å². The van der Waals surface area contributed by atoms with Gasteiger partial charge in [-0.25, -0.2) is 9.18 Å². The summed E-state index contributed by atoms with van der Waals surface area (Å²) in [6.07, 6.45) is 0.721. The van der Waals surface area contributed by atoms with Gasteiger partial charge in [-0.3, -0.25) is 4.90 Å². The van der Waals surface area contributed by atoms with Crippen LogP contribution in [0, 0.1) is 5.82 Å². The molecule has 2 amide bonds. The van der Waals surface area contributed by atoms with Crippen LogP contribution >= 0.6 is 0 Å². The van der Waals surface area contributed by atoms with Gasteiger partial charge in [0.25, 0.3) is 0 Å². The number of urea groups is 1. The van der Waals surface area contributed by atoms with E-state index in [1.54, 1.807) is 11.0 Å². The maximum absolute atomic E-state index is 13.0. The lowest BCUT2D eigenvalue weighted by molar-refractivity contribution is 0.244. The van der Waals surface area contributed by atoms with E-state index >= 15 is 0 Å². The quantitative estimate of drug-likeness (QED) is 0.777. The Kier molecular flexibility index (Phi) is 2.81. The van der Waals surface area contributed by atoms with Crippen LogP contribution in [0.4, 0.5) is 14.9 Å². The van der Waals surface area contributed by atoms with E-state index in [-0.39, 0.29) is 17.9 Å². The fourth-order valence-electron chi connectivity index (χ4n) is 1.91. The van der Waals surface area contributed by atoms with Gasteiger partial charge in [0, 0.05) is 18.3 Å². The largest absolute Gasteiger partial charge is 0.336 e. The van der Waals surface area contributed by atoms with Gasteiger partial charge in [-0.2, -0.15) is 0 Å². The van der Waals surface area contributed by atoms with Crippen molar-refractivity contribution < 1.29 is 9.18 Å². The summed E-state index contributed by atoms with van der Waals surface area (Å²) in [4.78, 5) is 13.5. The van der Waals surface area contributed by atoms with E-state index in [9.17, 15) is 9.18 Å². The van der Waals surface area contributed by atoms with Crippen LogP contribution in [0.15, 0.2) is 18.2 Å². The summed E-state index contributed by atoms with van der Waals surface area (Å²) in [6, 6.07) is 4.55. The van der Waals surface area contributed by atoms with Crippen molar-refractivity contribution in [1.29, 1.82) is 0 Å². The van der Waals surface area contributed by atoms with Gasteiger partial charge in [0.2, 0.25) is 0 Å². The van der Waals surface area contributed by atoms with Crippen LogP contribution in [0.25, 0.3) is 0 Å². The summed E-state index contributed by atoms with van der Waals surface area (Å²) in [5, 5.41) is 2.83. The van der Waals surface area contributed by atoms with Crippen LogP contribution in [-0.2, 0) is 6.42 Å². The number of fused-ring (bicyclic) bond motifs is 1. The molecule has 1 heterocycles. The normalized spacial score (nSPS) is 14.1. The molecule has 3 nitrogen and oxygen atoms in total. The monoisotopic (exact) mass is 222 g/mol. The zero-order chi connectivity index (χ0) is 11.7. The second-order valence-electron chi connectivity index (χ2n) is 4.28. The Labute approximate surface area is 94.3 Å². The van der Waals surface area contributed by atoms with Crippen molar-refractivity contribution in [3.8, 4) is 0 Å². The maximum atomic E-state index is 13.0. The SMILES string of the molecule is CC(C)NC(=O)N1CCc2cc(F)ccc21. The first kappa shape index (κ1) is 10.9. The standard InChI is InChI=1S/C12H15FN2O/c1-8(2)14-12(16)15-6-5-9-7-10(13)3-4-11(9)15/h3-4,7-8H,5-6H2,1-2H3,(H,14,16). The summed E-state index contributed by atoms with van der Waals surface area (Å²) >= 11 is 0. The molecule has 1 aliphatic heterocycles. The van der Waals surface area contributed by atoms with Crippen LogP contribution in [0.3, 0.4) is 0 Å². The molecule has 0 aliphatic carbocycles. The van der Waals surface area contributed by atoms with E-state index in [0.717, 1.165) is 17.7 Å².